The van der Waals surface area contributed by atoms with Gasteiger partial charge < -0.3 is 15.1 Å². The Bertz CT molecular complexity index is 934. The zero-order valence-electron chi connectivity index (χ0n) is 15.6. The molecule has 1 fully saturated rings. The molecule has 4 nitrogen and oxygen atoms in total. The van der Waals surface area contributed by atoms with Crippen LogP contribution in [0.25, 0.3) is 0 Å². The molecule has 3 heterocycles. The number of aryl methyl sites for hydroxylation is 1. The van der Waals surface area contributed by atoms with E-state index in [-0.39, 0.29) is 12.1 Å². The summed E-state index contributed by atoms with van der Waals surface area (Å²) in [5, 5.41) is 4.24. The third-order valence-corrected chi connectivity index (χ3v) is 6.18. The number of thiocarbonyl (C=S) groups is 1. The Labute approximate surface area is 169 Å². The van der Waals surface area contributed by atoms with Gasteiger partial charge in [0.1, 0.15) is 0 Å². The zero-order chi connectivity index (χ0) is 19.0. The number of rotatable bonds is 4. The first-order chi connectivity index (χ1) is 13.0. The summed E-state index contributed by atoms with van der Waals surface area (Å²) in [5.41, 5.74) is 3.26. The van der Waals surface area contributed by atoms with Crippen LogP contribution >= 0.6 is 23.6 Å². The van der Waals surface area contributed by atoms with E-state index in [2.05, 4.69) is 69.5 Å². The Kier molecular flexibility index (Phi) is 4.85. The van der Waals surface area contributed by atoms with Crippen LogP contribution in [0.2, 0.25) is 0 Å². The van der Waals surface area contributed by atoms with Crippen LogP contribution < -0.4 is 15.1 Å². The van der Waals surface area contributed by atoms with Crippen LogP contribution in [0.4, 0.5) is 11.4 Å². The number of aromatic nitrogens is 1. The number of benzene rings is 1. The molecule has 0 amide bonds. The van der Waals surface area contributed by atoms with Crippen LogP contribution in [0, 0.1) is 6.92 Å². The molecule has 0 spiro atoms. The molecule has 0 radical (unpaired) electrons. The quantitative estimate of drug-likeness (QED) is 0.649. The van der Waals surface area contributed by atoms with E-state index >= 15 is 0 Å². The summed E-state index contributed by atoms with van der Waals surface area (Å²) in [5.74, 6) is 0. The number of nitrogens with zero attached hydrogens (tertiary/aromatic N) is 3. The maximum atomic E-state index is 5.75. The molecule has 1 aliphatic rings. The van der Waals surface area contributed by atoms with Crippen molar-refractivity contribution in [1.82, 2.24) is 10.3 Å². The minimum atomic E-state index is 0.0188. The van der Waals surface area contributed by atoms with E-state index < -0.39 is 0 Å². The standard InChI is InChI=1S/C21H22N4S2/c1-14-7-12-18(27-14)20-19(17-6-4-5-13-22-17)23-21(26)25(20)16-10-8-15(9-11-16)24(2)3/h4-13,19-20H,1-3H3,(H,23,26). The number of hydrogen-bond donors (Lipinski definition) is 1. The molecule has 0 bridgehead atoms. The van der Waals surface area contributed by atoms with Crippen molar-refractivity contribution in [2.24, 2.45) is 0 Å². The van der Waals surface area contributed by atoms with Crippen molar-refractivity contribution in [1.29, 1.82) is 0 Å². The molecule has 0 saturated carbocycles. The first kappa shape index (κ1) is 17.9. The van der Waals surface area contributed by atoms with Crippen molar-refractivity contribution < 1.29 is 0 Å². The molecule has 6 heteroatoms. The molecule has 2 aromatic heterocycles. The minimum absolute atomic E-state index is 0.0188. The fraction of sp³-hybridized carbons (Fsp3) is 0.238. The van der Waals surface area contributed by atoms with Gasteiger partial charge in [-0.25, -0.2) is 0 Å². The Morgan fingerprint density at radius 2 is 1.85 bits per heavy atom. The van der Waals surface area contributed by atoms with Gasteiger partial charge in [0.15, 0.2) is 5.11 Å². The molecule has 1 saturated heterocycles. The van der Waals surface area contributed by atoms with E-state index in [4.69, 9.17) is 12.2 Å². The third kappa shape index (κ3) is 3.42. The molecular weight excluding hydrogens is 372 g/mol. The number of nitrogens with one attached hydrogen (secondary N) is 1. The summed E-state index contributed by atoms with van der Waals surface area (Å²) in [4.78, 5) is 11.5. The second-order valence-electron chi connectivity index (χ2n) is 6.86. The molecule has 1 N–H and O–H groups in total. The predicted molar refractivity (Wildman–Crippen MR) is 118 cm³/mol. The minimum Gasteiger partial charge on any atom is -0.378 e. The molecule has 2 unspecified atom stereocenters. The summed E-state index contributed by atoms with van der Waals surface area (Å²) in [7, 11) is 4.09. The highest BCUT2D eigenvalue weighted by Crippen LogP contribution is 2.43. The zero-order valence-corrected chi connectivity index (χ0v) is 17.2. The SMILES string of the molecule is Cc1ccc(C2C(c3ccccn3)NC(=S)N2c2ccc(N(C)C)cc2)s1. The van der Waals surface area contributed by atoms with Crippen LogP contribution in [0.5, 0.6) is 0 Å². The van der Waals surface area contributed by atoms with E-state index in [0.29, 0.717) is 0 Å². The largest absolute Gasteiger partial charge is 0.378 e. The second-order valence-corrected chi connectivity index (χ2v) is 8.56. The van der Waals surface area contributed by atoms with Crippen molar-refractivity contribution in [3.63, 3.8) is 0 Å². The molecule has 27 heavy (non-hydrogen) atoms. The van der Waals surface area contributed by atoms with E-state index in [1.807, 2.05) is 43.8 Å². The predicted octanol–water partition coefficient (Wildman–Crippen LogP) is 4.69. The number of pyridine rings is 1. The highest BCUT2D eigenvalue weighted by molar-refractivity contribution is 7.80. The Balaban J connectivity index is 1.78. The third-order valence-electron chi connectivity index (χ3n) is 4.80. The first-order valence-electron chi connectivity index (χ1n) is 8.89. The van der Waals surface area contributed by atoms with Gasteiger partial charge in [-0.2, -0.15) is 0 Å². The average Bonchev–Trinajstić information content (AvgIpc) is 3.25. The van der Waals surface area contributed by atoms with Crippen LogP contribution in [-0.4, -0.2) is 24.2 Å². The van der Waals surface area contributed by atoms with E-state index in [1.165, 1.54) is 15.4 Å². The average molecular weight is 395 g/mol. The molecule has 138 valence electrons. The fourth-order valence-electron chi connectivity index (χ4n) is 3.45. The maximum absolute atomic E-state index is 5.75. The lowest BCUT2D eigenvalue weighted by Crippen LogP contribution is -2.29. The lowest BCUT2D eigenvalue weighted by Gasteiger charge is -2.27. The Hall–Kier alpha value is -2.44. The smallest absolute Gasteiger partial charge is 0.174 e. The summed E-state index contributed by atoms with van der Waals surface area (Å²) < 4.78 is 0. The number of anilines is 2. The van der Waals surface area contributed by atoms with Crippen molar-refractivity contribution in [2.75, 3.05) is 23.9 Å². The molecule has 0 aliphatic carbocycles. The van der Waals surface area contributed by atoms with Gasteiger partial charge in [0.2, 0.25) is 0 Å². The molecule has 4 rings (SSSR count). The lowest BCUT2D eigenvalue weighted by atomic mass is 10.0. The molecule has 1 aliphatic heterocycles. The second kappa shape index (κ2) is 7.29. The first-order valence-corrected chi connectivity index (χ1v) is 10.1. The Morgan fingerprint density at radius 1 is 1.07 bits per heavy atom. The van der Waals surface area contributed by atoms with E-state index in [9.17, 15) is 0 Å². The molecule has 1 aromatic carbocycles. The lowest BCUT2D eigenvalue weighted by molar-refractivity contribution is 0.575. The van der Waals surface area contributed by atoms with Gasteiger partial charge in [-0.3, -0.25) is 4.98 Å². The molecular formula is C21H22N4S2. The van der Waals surface area contributed by atoms with Crippen molar-refractivity contribution in [3.8, 4) is 0 Å². The fourth-order valence-corrected chi connectivity index (χ4v) is 4.80. The Morgan fingerprint density at radius 3 is 2.44 bits per heavy atom. The number of thiophene rings is 1. The van der Waals surface area contributed by atoms with Crippen LogP contribution in [0.15, 0.2) is 60.8 Å². The molecule has 3 aromatic rings. The highest BCUT2D eigenvalue weighted by atomic mass is 32.1. The molecule has 2 atom stereocenters. The summed E-state index contributed by atoms with van der Waals surface area (Å²) in [6, 6.07) is 19.0. The topological polar surface area (TPSA) is 31.4 Å². The van der Waals surface area contributed by atoms with Gasteiger partial charge in [-0.1, -0.05) is 6.07 Å². The van der Waals surface area contributed by atoms with Gasteiger partial charge in [0.05, 0.1) is 17.8 Å². The van der Waals surface area contributed by atoms with Crippen LogP contribution in [0.1, 0.15) is 27.5 Å². The van der Waals surface area contributed by atoms with Crippen molar-refractivity contribution >= 4 is 40.0 Å². The van der Waals surface area contributed by atoms with Gasteiger partial charge in [-0.05, 0) is 67.7 Å². The van der Waals surface area contributed by atoms with E-state index in [0.717, 1.165) is 16.5 Å². The summed E-state index contributed by atoms with van der Waals surface area (Å²) in [6.45, 7) is 2.14. The van der Waals surface area contributed by atoms with E-state index in [1.54, 1.807) is 0 Å². The monoisotopic (exact) mass is 394 g/mol. The van der Waals surface area contributed by atoms with Gasteiger partial charge in [0.25, 0.3) is 0 Å². The summed E-state index contributed by atoms with van der Waals surface area (Å²) >= 11 is 7.56. The normalized spacial score (nSPS) is 19.2. The van der Waals surface area contributed by atoms with Crippen molar-refractivity contribution in [3.05, 3.63) is 76.2 Å². The number of hydrogen-bond acceptors (Lipinski definition) is 4. The van der Waals surface area contributed by atoms with Crippen LogP contribution in [0.3, 0.4) is 0 Å². The summed E-state index contributed by atoms with van der Waals surface area (Å²) in [6.07, 6.45) is 1.84. The van der Waals surface area contributed by atoms with Crippen LogP contribution in [-0.2, 0) is 0 Å². The van der Waals surface area contributed by atoms with Gasteiger partial charge in [-0.15, -0.1) is 11.3 Å². The van der Waals surface area contributed by atoms with Crippen molar-refractivity contribution in [2.45, 2.75) is 19.0 Å². The maximum Gasteiger partial charge on any atom is 0.174 e. The van der Waals surface area contributed by atoms with Gasteiger partial charge >= 0.3 is 0 Å². The highest BCUT2D eigenvalue weighted by Gasteiger charge is 2.41. The van der Waals surface area contributed by atoms with Gasteiger partial charge in [0, 0.05) is 41.4 Å².